The summed E-state index contributed by atoms with van der Waals surface area (Å²) in [7, 11) is 1.45. The minimum Gasteiger partial charge on any atom is -0.467 e. The summed E-state index contributed by atoms with van der Waals surface area (Å²) in [5.41, 5.74) is 6.19. The fraction of sp³-hybridized carbons (Fsp3) is 0.643. The maximum absolute atomic E-state index is 13.7. The summed E-state index contributed by atoms with van der Waals surface area (Å²) in [6.07, 6.45) is -2.66. The van der Waals surface area contributed by atoms with E-state index in [1.807, 2.05) is 0 Å². The standard InChI is InChI=1S/C21H24ClF3N4O3.C7H12FN/c1-11-8-29(3-4-31-9-11)19-14-10-32-17(7-16(14)27-20(28-19)30-2)13-5-12(26)6-15(22)18(13)21(23,24)25;8-6-4-7-2-1-3-9(7)5-6/h5-6,11,17H,3-4,7-10,26H2,1-2H3;6-7H,1-5H2. The van der Waals surface area contributed by atoms with Crippen molar-refractivity contribution in [2.75, 3.05) is 57.1 Å². The van der Waals surface area contributed by atoms with Crippen LogP contribution in [0.2, 0.25) is 5.02 Å². The number of nitrogen functional groups attached to an aromatic ring is 1. The predicted octanol–water partition coefficient (Wildman–Crippen LogP) is 5.22. The van der Waals surface area contributed by atoms with E-state index in [4.69, 9.17) is 31.5 Å². The van der Waals surface area contributed by atoms with Gasteiger partial charge in [0.15, 0.2) is 0 Å². The highest BCUT2D eigenvalue weighted by atomic mass is 35.5. The number of aromatic nitrogens is 2. The van der Waals surface area contributed by atoms with Crippen molar-refractivity contribution < 1.29 is 31.8 Å². The average Bonchev–Trinajstić information content (AvgIpc) is 3.41. The lowest BCUT2D eigenvalue weighted by Gasteiger charge is -2.32. The van der Waals surface area contributed by atoms with Gasteiger partial charge in [0, 0.05) is 43.3 Å². The number of hydrogen-bond donors (Lipinski definition) is 1. The number of fused-ring (bicyclic) bond motifs is 2. The molecule has 3 saturated heterocycles. The quantitative estimate of drug-likeness (QED) is 0.379. The monoisotopic (exact) mass is 601 g/mol. The van der Waals surface area contributed by atoms with Gasteiger partial charge < -0.3 is 24.8 Å². The molecule has 6 rings (SSSR count). The van der Waals surface area contributed by atoms with Crippen LogP contribution in [0, 0.1) is 5.92 Å². The van der Waals surface area contributed by atoms with E-state index in [9.17, 15) is 17.6 Å². The fourth-order valence-corrected chi connectivity index (χ4v) is 6.53. The van der Waals surface area contributed by atoms with Crippen molar-refractivity contribution in [3.8, 4) is 6.01 Å². The van der Waals surface area contributed by atoms with Crippen LogP contribution in [-0.2, 0) is 28.7 Å². The van der Waals surface area contributed by atoms with Crippen LogP contribution in [0.25, 0.3) is 0 Å². The Kier molecular flexibility index (Phi) is 9.13. The molecule has 13 heteroatoms. The Hall–Kier alpha value is -2.41. The largest absolute Gasteiger partial charge is 0.467 e. The third-order valence-corrected chi connectivity index (χ3v) is 8.31. The Labute approximate surface area is 242 Å². The van der Waals surface area contributed by atoms with Crippen molar-refractivity contribution in [1.82, 2.24) is 14.9 Å². The summed E-state index contributed by atoms with van der Waals surface area (Å²) < 4.78 is 70.7. The van der Waals surface area contributed by atoms with Crippen LogP contribution in [0.4, 0.5) is 29.1 Å². The molecule has 0 saturated carbocycles. The fourth-order valence-electron chi connectivity index (χ4n) is 6.18. The van der Waals surface area contributed by atoms with Gasteiger partial charge >= 0.3 is 12.2 Å². The molecule has 4 aliphatic heterocycles. The van der Waals surface area contributed by atoms with Crippen molar-refractivity contribution in [3.05, 3.63) is 39.5 Å². The molecule has 4 atom stereocenters. The van der Waals surface area contributed by atoms with Gasteiger partial charge in [-0.15, -0.1) is 0 Å². The Morgan fingerprint density at radius 2 is 1.98 bits per heavy atom. The smallest absolute Gasteiger partial charge is 0.418 e. The van der Waals surface area contributed by atoms with E-state index in [-0.39, 0.29) is 36.2 Å². The number of anilines is 2. The Morgan fingerprint density at radius 1 is 1.17 bits per heavy atom. The number of alkyl halides is 4. The molecule has 1 aromatic heterocycles. The van der Waals surface area contributed by atoms with Crippen LogP contribution in [-0.4, -0.2) is 73.6 Å². The van der Waals surface area contributed by atoms with E-state index in [1.54, 1.807) is 0 Å². The minimum atomic E-state index is -4.65. The lowest BCUT2D eigenvalue weighted by Crippen LogP contribution is -2.32. The molecule has 0 amide bonds. The topological polar surface area (TPSA) is 86.0 Å². The number of nitrogens with two attached hydrogens (primary N) is 1. The van der Waals surface area contributed by atoms with E-state index in [1.165, 1.54) is 26.0 Å². The first-order chi connectivity index (χ1) is 19.5. The van der Waals surface area contributed by atoms with E-state index >= 15 is 0 Å². The molecule has 4 aliphatic rings. The van der Waals surface area contributed by atoms with Gasteiger partial charge in [-0.05, 0) is 49.4 Å². The van der Waals surface area contributed by atoms with Crippen LogP contribution < -0.4 is 15.4 Å². The minimum absolute atomic E-state index is 0.0504. The molecule has 8 nitrogen and oxygen atoms in total. The lowest BCUT2D eigenvalue weighted by molar-refractivity contribution is -0.139. The molecule has 5 heterocycles. The third kappa shape index (κ3) is 6.81. The van der Waals surface area contributed by atoms with E-state index in [0.29, 0.717) is 43.9 Å². The highest BCUT2D eigenvalue weighted by Crippen LogP contribution is 2.44. The number of ether oxygens (including phenoxy) is 3. The average molecular weight is 602 g/mol. The maximum atomic E-state index is 13.7. The first-order valence-corrected chi connectivity index (χ1v) is 14.3. The number of rotatable bonds is 3. The molecule has 0 radical (unpaired) electrons. The van der Waals surface area contributed by atoms with Crippen LogP contribution in [0.3, 0.4) is 0 Å². The molecular weight excluding hydrogens is 566 g/mol. The van der Waals surface area contributed by atoms with Crippen molar-refractivity contribution in [2.45, 2.75) is 63.7 Å². The molecule has 2 aromatic rings. The summed E-state index contributed by atoms with van der Waals surface area (Å²) in [5, 5.41) is -0.457. The molecule has 0 aliphatic carbocycles. The predicted molar refractivity (Wildman–Crippen MR) is 147 cm³/mol. The van der Waals surface area contributed by atoms with Gasteiger partial charge in [0.05, 0.1) is 49.3 Å². The van der Waals surface area contributed by atoms with Gasteiger partial charge in [0.25, 0.3) is 0 Å². The van der Waals surface area contributed by atoms with E-state index in [2.05, 4.69) is 26.7 Å². The highest BCUT2D eigenvalue weighted by molar-refractivity contribution is 6.31. The second kappa shape index (κ2) is 12.4. The Morgan fingerprint density at radius 3 is 2.71 bits per heavy atom. The summed E-state index contributed by atoms with van der Waals surface area (Å²) in [6.45, 7) is 6.53. The van der Waals surface area contributed by atoms with Gasteiger partial charge in [0.2, 0.25) is 0 Å². The molecule has 0 bridgehead atoms. The zero-order valence-corrected chi connectivity index (χ0v) is 24.0. The highest BCUT2D eigenvalue weighted by Gasteiger charge is 2.40. The molecule has 1 aromatic carbocycles. The molecule has 0 spiro atoms. The van der Waals surface area contributed by atoms with E-state index < -0.39 is 29.0 Å². The zero-order chi connectivity index (χ0) is 29.3. The number of halogens is 5. The second-order valence-corrected chi connectivity index (χ2v) is 11.6. The molecular formula is C28H36ClF4N5O3. The van der Waals surface area contributed by atoms with Crippen molar-refractivity contribution >= 4 is 23.1 Å². The van der Waals surface area contributed by atoms with Crippen molar-refractivity contribution in [3.63, 3.8) is 0 Å². The van der Waals surface area contributed by atoms with E-state index in [0.717, 1.165) is 31.1 Å². The first kappa shape index (κ1) is 30.1. The summed E-state index contributed by atoms with van der Waals surface area (Å²) in [4.78, 5) is 13.3. The van der Waals surface area contributed by atoms with Crippen molar-refractivity contribution in [2.24, 2.45) is 5.92 Å². The molecule has 41 heavy (non-hydrogen) atoms. The number of hydrogen-bond acceptors (Lipinski definition) is 8. The number of benzene rings is 1. The maximum Gasteiger partial charge on any atom is 0.418 e. The van der Waals surface area contributed by atoms with Gasteiger partial charge in [0.1, 0.15) is 12.0 Å². The summed E-state index contributed by atoms with van der Waals surface area (Å²) in [6, 6.07) is 3.12. The van der Waals surface area contributed by atoms with Crippen LogP contribution in [0.1, 0.15) is 54.7 Å². The lowest BCUT2D eigenvalue weighted by atomic mass is 9.94. The zero-order valence-electron chi connectivity index (χ0n) is 23.2. The summed E-state index contributed by atoms with van der Waals surface area (Å²) in [5.74, 6) is 0.944. The summed E-state index contributed by atoms with van der Waals surface area (Å²) >= 11 is 5.92. The SMILES string of the molecule is COc1nc2c(c(N3CCOCC(C)C3)n1)COC(c1cc(N)cc(Cl)c1C(F)(F)F)C2.FC1CC2CCCN2C1. The normalized spacial score (nSPS) is 26.6. The van der Waals surface area contributed by atoms with Gasteiger partial charge in [-0.25, -0.2) is 4.39 Å². The van der Waals surface area contributed by atoms with Gasteiger partial charge in [-0.3, -0.25) is 4.90 Å². The first-order valence-electron chi connectivity index (χ1n) is 14.0. The van der Waals surface area contributed by atoms with Crippen LogP contribution >= 0.6 is 11.6 Å². The molecule has 2 N–H and O–H groups in total. The molecule has 3 fully saturated rings. The molecule has 226 valence electrons. The van der Waals surface area contributed by atoms with Crippen LogP contribution in [0.15, 0.2) is 12.1 Å². The number of nitrogens with zero attached hydrogens (tertiary/aromatic N) is 4. The van der Waals surface area contributed by atoms with Crippen LogP contribution in [0.5, 0.6) is 6.01 Å². The Bertz CT molecular complexity index is 1220. The third-order valence-electron chi connectivity index (χ3n) is 8.01. The second-order valence-electron chi connectivity index (χ2n) is 11.2. The van der Waals surface area contributed by atoms with Gasteiger partial charge in [-0.1, -0.05) is 18.5 Å². The van der Waals surface area contributed by atoms with Gasteiger partial charge in [-0.2, -0.15) is 23.1 Å². The van der Waals surface area contributed by atoms with Crippen molar-refractivity contribution in [1.29, 1.82) is 0 Å². The molecule has 4 unspecified atom stereocenters. The number of methoxy groups -OCH3 is 1. The Balaban J connectivity index is 0.000000315.